The van der Waals surface area contributed by atoms with E-state index in [1.165, 1.54) is 49.0 Å². The summed E-state index contributed by atoms with van der Waals surface area (Å²) in [5, 5.41) is 5.92. The zero-order valence-corrected chi connectivity index (χ0v) is 20.4. The number of ether oxygens (including phenoxy) is 1. The Balaban J connectivity index is 1.30. The van der Waals surface area contributed by atoms with Crippen molar-refractivity contribution >= 4 is 22.9 Å². The van der Waals surface area contributed by atoms with Gasteiger partial charge in [0.15, 0.2) is 0 Å². The molecule has 6 heteroatoms. The van der Waals surface area contributed by atoms with Gasteiger partial charge in [0, 0.05) is 23.7 Å². The molecule has 33 heavy (non-hydrogen) atoms. The second kappa shape index (κ2) is 11.4. The van der Waals surface area contributed by atoms with E-state index in [-0.39, 0.29) is 12.3 Å². The molecule has 1 heterocycles. The number of aryl methyl sites for hydroxylation is 1. The molecule has 1 saturated carbocycles. The van der Waals surface area contributed by atoms with E-state index in [0.717, 1.165) is 34.2 Å². The molecule has 3 aromatic rings. The number of carbonyl (C=O) groups excluding carboxylic acids is 1. The summed E-state index contributed by atoms with van der Waals surface area (Å²) >= 11 is 1.52. The number of nitrogens with one attached hydrogen (secondary N) is 1. The minimum Gasteiger partial charge on any atom is -0.486 e. The molecular formula is C27H33N3O2S. The number of nitrogens with zero attached hydrogens (tertiary/aromatic N) is 2. The zero-order valence-electron chi connectivity index (χ0n) is 19.5. The van der Waals surface area contributed by atoms with Crippen LogP contribution in [0.3, 0.4) is 0 Å². The number of rotatable bonds is 9. The first-order chi connectivity index (χ1) is 16.1. The van der Waals surface area contributed by atoms with Crippen molar-refractivity contribution in [2.75, 3.05) is 12.4 Å². The highest BCUT2D eigenvalue weighted by Gasteiger charge is 2.19. The second-order valence-electron chi connectivity index (χ2n) is 8.92. The summed E-state index contributed by atoms with van der Waals surface area (Å²) in [5.74, 6) is 0.781. The average molecular weight is 464 g/mol. The Kier molecular flexibility index (Phi) is 8.13. The molecule has 0 atom stereocenters. The molecule has 0 radical (unpaired) electrons. The Labute approximate surface area is 200 Å². The van der Waals surface area contributed by atoms with Crippen LogP contribution in [0.4, 0.5) is 5.69 Å². The Morgan fingerprint density at radius 2 is 1.88 bits per heavy atom. The summed E-state index contributed by atoms with van der Waals surface area (Å²) in [6, 6.07) is 16.7. The van der Waals surface area contributed by atoms with Gasteiger partial charge >= 0.3 is 0 Å². The minimum absolute atomic E-state index is 0.0425. The van der Waals surface area contributed by atoms with Crippen LogP contribution in [0.25, 0.3) is 0 Å². The van der Waals surface area contributed by atoms with Gasteiger partial charge in [-0.1, -0.05) is 55.2 Å². The fourth-order valence-corrected chi connectivity index (χ4v) is 5.04. The van der Waals surface area contributed by atoms with Crippen molar-refractivity contribution in [1.29, 1.82) is 0 Å². The molecule has 1 fully saturated rings. The smallest absolute Gasteiger partial charge is 0.230 e. The lowest BCUT2D eigenvalue weighted by atomic mass is 9.94. The lowest BCUT2D eigenvalue weighted by Gasteiger charge is -2.31. The van der Waals surface area contributed by atoms with Crippen LogP contribution in [0.1, 0.15) is 53.9 Å². The molecule has 1 aliphatic rings. The maximum Gasteiger partial charge on any atom is 0.230 e. The molecule has 0 aliphatic heterocycles. The number of hydrogen-bond acceptors (Lipinski definition) is 5. The number of amides is 1. The maximum absolute atomic E-state index is 12.8. The van der Waals surface area contributed by atoms with Gasteiger partial charge in [-0.2, -0.15) is 0 Å². The van der Waals surface area contributed by atoms with E-state index < -0.39 is 0 Å². The van der Waals surface area contributed by atoms with Crippen molar-refractivity contribution in [2.24, 2.45) is 0 Å². The summed E-state index contributed by atoms with van der Waals surface area (Å²) in [6.07, 6.45) is 6.79. The van der Waals surface area contributed by atoms with Gasteiger partial charge in [-0.05, 0) is 50.6 Å². The first kappa shape index (κ1) is 23.5. The lowest BCUT2D eigenvalue weighted by molar-refractivity contribution is -0.115. The molecule has 1 aliphatic carbocycles. The number of hydrogen-bond donors (Lipinski definition) is 1. The molecule has 1 amide bonds. The third-order valence-corrected chi connectivity index (χ3v) is 7.10. The van der Waals surface area contributed by atoms with Crippen molar-refractivity contribution in [1.82, 2.24) is 9.88 Å². The van der Waals surface area contributed by atoms with E-state index in [9.17, 15) is 4.79 Å². The number of para-hydroxylation sites is 1. The van der Waals surface area contributed by atoms with Gasteiger partial charge in [-0.25, -0.2) is 4.98 Å². The minimum atomic E-state index is -0.0425. The third-order valence-electron chi connectivity index (χ3n) is 6.23. The van der Waals surface area contributed by atoms with Crippen molar-refractivity contribution in [3.63, 3.8) is 0 Å². The highest BCUT2D eigenvalue weighted by Crippen LogP contribution is 2.25. The second-order valence-corrected chi connectivity index (χ2v) is 9.87. The number of benzene rings is 2. The molecule has 1 N–H and O–H groups in total. The summed E-state index contributed by atoms with van der Waals surface area (Å²) < 4.78 is 5.81. The predicted molar refractivity (Wildman–Crippen MR) is 135 cm³/mol. The predicted octanol–water partition coefficient (Wildman–Crippen LogP) is 5.98. The maximum atomic E-state index is 12.8. The Morgan fingerprint density at radius 1 is 1.12 bits per heavy atom. The zero-order chi connectivity index (χ0) is 23.0. The Morgan fingerprint density at radius 3 is 2.67 bits per heavy atom. The van der Waals surface area contributed by atoms with E-state index >= 15 is 0 Å². The summed E-state index contributed by atoms with van der Waals surface area (Å²) in [5.41, 5.74) is 4.02. The molecule has 2 aromatic carbocycles. The van der Waals surface area contributed by atoms with Gasteiger partial charge in [0.05, 0.1) is 12.1 Å². The van der Waals surface area contributed by atoms with Crippen LogP contribution in [0.15, 0.2) is 53.9 Å². The first-order valence-electron chi connectivity index (χ1n) is 11.8. The fourth-order valence-electron chi connectivity index (χ4n) is 4.33. The van der Waals surface area contributed by atoms with Gasteiger partial charge in [-0.3, -0.25) is 9.69 Å². The molecule has 0 unspecified atom stereocenters. The number of anilines is 1. The summed E-state index contributed by atoms with van der Waals surface area (Å²) in [7, 11) is 2.20. The largest absolute Gasteiger partial charge is 0.486 e. The quantitative estimate of drug-likeness (QED) is 0.424. The van der Waals surface area contributed by atoms with Crippen LogP contribution in [0.5, 0.6) is 5.75 Å². The Bertz CT molecular complexity index is 1040. The molecule has 4 rings (SSSR count). The molecule has 174 valence electrons. The molecular weight excluding hydrogens is 430 g/mol. The highest BCUT2D eigenvalue weighted by atomic mass is 32.1. The van der Waals surface area contributed by atoms with Crippen LogP contribution in [0.2, 0.25) is 0 Å². The topological polar surface area (TPSA) is 54.5 Å². The van der Waals surface area contributed by atoms with E-state index in [2.05, 4.69) is 35.2 Å². The van der Waals surface area contributed by atoms with Gasteiger partial charge in [0.2, 0.25) is 5.91 Å². The standard InChI is InChI=1S/C27H33N3O2S/c1-20-12-14-24(15-13-20)32-18-27-28-22(19-33-27)16-26(31)29-25-11-7-6-8-21(25)17-30(2)23-9-4-3-5-10-23/h6-8,11-15,19,23H,3-5,9-10,16-18H2,1-2H3,(H,29,31). The number of aromatic nitrogens is 1. The van der Waals surface area contributed by atoms with Gasteiger partial charge < -0.3 is 10.1 Å². The van der Waals surface area contributed by atoms with Gasteiger partial charge in [-0.15, -0.1) is 11.3 Å². The van der Waals surface area contributed by atoms with E-state index in [0.29, 0.717) is 12.6 Å². The molecule has 5 nitrogen and oxygen atoms in total. The molecule has 0 spiro atoms. The van der Waals surface area contributed by atoms with Gasteiger partial charge in [0.1, 0.15) is 17.4 Å². The monoisotopic (exact) mass is 463 g/mol. The first-order valence-corrected chi connectivity index (χ1v) is 12.7. The molecule has 1 aromatic heterocycles. The summed E-state index contributed by atoms with van der Waals surface area (Å²) in [6.45, 7) is 3.30. The molecule has 0 saturated heterocycles. The van der Waals surface area contributed by atoms with Crippen LogP contribution >= 0.6 is 11.3 Å². The Hall–Kier alpha value is -2.70. The molecule has 0 bridgehead atoms. The van der Waals surface area contributed by atoms with Crippen molar-refractivity contribution in [2.45, 2.75) is 64.6 Å². The van der Waals surface area contributed by atoms with Gasteiger partial charge in [0.25, 0.3) is 0 Å². The number of carbonyl (C=O) groups is 1. The summed E-state index contributed by atoms with van der Waals surface area (Å²) in [4.78, 5) is 19.8. The van der Waals surface area contributed by atoms with Crippen LogP contribution < -0.4 is 10.1 Å². The van der Waals surface area contributed by atoms with Crippen LogP contribution in [-0.4, -0.2) is 28.9 Å². The van der Waals surface area contributed by atoms with Crippen molar-refractivity contribution in [3.05, 3.63) is 75.7 Å². The van der Waals surface area contributed by atoms with E-state index in [1.54, 1.807) is 0 Å². The van der Waals surface area contributed by atoms with E-state index in [4.69, 9.17) is 4.74 Å². The van der Waals surface area contributed by atoms with Crippen LogP contribution in [0, 0.1) is 6.92 Å². The normalized spacial score (nSPS) is 14.4. The van der Waals surface area contributed by atoms with E-state index in [1.807, 2.05) is 47.8 Å². The lowest BCUT2D eigenvalue weighted by Crippen LogP contribution is -2.33. The average Bonchev–Trinajstić information content (AvgIpc) is 3.27. The van der Waals surface area contributed by atoms with Crippen molar-refractivity contribution in [3.8, 4) is 5.75 Å². The fraction of sp³-hybridized carbons (Fsp3) is 0.407. The highest BCUT2D eigenvalue weighted by molar-refractivity contribution is 7.09. The van der Waals surface area contributed by atoms with Crippen molar-refractivity contribution < 1.29 is 9.53 Å². The third kappa shape index (κ3) is 6.89. The SMILES string of the molecule is Cc1ccc(OCc2nc(CC(=O)Nc3ccccc3CN(C)C3CCCCC3)cs2)cc1. The van der Waals surface area contributed by atoms with Crippen LogP contribution in [-0.2, 0) is 24.4 Å². The number of thiazole rings is 1.